The van der Waals surface area contributed by atoms with Gasteiger partial charge in [0.2, 0.25) is 0 Å². The van der Waals surface area contributed by atoms with E-state index in [9.17, 15) is 4.79 Å². The molecule has 3 aromatic carbocycles. The minimum Gasteiger partial charge on any atom is -0.368 e. The quantitative estimate of drug-likeness (QED) is 0.349. The summed E-state index contributed by atoms with van der Waals surface area (Å²) in [5, 5.41) is 2.68. The fourth-order valence-electron chi connectivity index (χ4n) is 4.59. The Morgan fingerprint density at radius 3 is 1.90 bits per heavy atom. The van der Waals surface area contributed by atoms with Gasteiger partial charge in [0.15, 0.2) is 12.5 Å². The largest absolute Gasteiger partial charge is 0.368 e. The van der Waals surface area contributed by atoms with Gasteiger partial charge in [0, 0.05) is 5.56 Å². The van der Waals surface area contributed by atoms with Crippen LogP contribution in [0.25, 0.3) is 0 Å². The number of rotatable bonds is 8. The van der Waals surface area contributed by atoms with Gasteiger partial charge in [-0.1, -0.05) is 126 Å². The van der Waals surface area contributed by atoms with Crippen LogP contribution in [-0.4, -0.2) is 47.0 Å². The Morgan fingerprint density at radius 2 is 1.33 bits per heavy atom. The summed E-state index contributed by atoms with van der Waals surface area (Å²) in [7, 11) is 0. The number of hydrogen-bond donors (Lipinski definition) is 1. The second kappa shape index (κ2) is 13.0. The average Bonchev–Trinajstić information content (AvgIpc) is 2.96. The van der Waals surface area contributed by atoms with Crippen molar-refractivity contribution >= 4 is 40.7 Å². The predicted molar refractivity (Wildman–Crippen MR) is 147 cm³/mol. The molecule has 2 saturated heterocycles. The molecule has 0 aromatic heterocycles. The minimum atomic E-state index is -2.19. The van der Waals surface area contributed by atoms with Crippen LogP contribution in [0.1, 0.15) is 23.0 Å². The summed E-state index contributed by atoms with van der Waals surface area (Å²) >= 11 is 17.6. The fourth-order valence-corrected chi connectivity index (χ4v) is 4.76. The van der Waals surface area contributed by atoms with Crippen molar-refractivity contribution in [3.05, 3.63) is 108 Å². The van der Waals surface area contributed by atoms with Crippen molar-refractivity contribution in [2.24, 2.45) is 0 Å². The van der Waals surface area contributed by atoms with Gasteiger partial charge in [-0.3, -0.25) is 4.79 Å². The average molecular weight is 593 g/mol. The Labute approximate surface area is 242 Å². The van der Waals surface area contributed by atoms with Crippen molar-refractivity contribution in [3.63, 3.8) is 0 Å². The van der Waals surface area contributed by atoms with E-state index in [1.807, 2.05) is 91.0 Å². The molecule has 2 heterocycles. The van der Waals surface area contributed by atoms with E-state index in [2.05, 4.69) is 5.32 Å². The van der Waals surface area contributed by atoms with E-state index in [0.717, 1.165) is 16.7 Å². The van der Waals surface area contributed by atoms with Crippen LogP contribution < -0.4 is 5.32 Å². The molecule has 0 spiro atoms. The van der Waals surface area contributed by atoms with Gasteiger partial charge in [0.25, 0.3) is 9.70 Å². The van der Waals surface area contributed by atoms with Crippen molar-refractivity contribution in [2.45, 2.75) is 53.9 Å². The van der Waals surface area contributed by atoms with Crippen LogP contribution in [0.3, 0.4) is 0 Å². The first kappa shape index (κ1) is 28.3. The van der Waals surface area contributed by atoms with Crippen molar-refractivity contribution in [2.75, 3.05) is 6.61 Å². The van der Waals surface area contributed by atoms with E-state index < -0.39 is 46.6 Å². The molecule has 39 heavy (non-hydrogen) atoms. The molecule has 2 fully saturated rings. The van der Waals surface area contributed by atoms with Crippen molar-refractivity contribution in [1.29, 1.82) is 0 Å². The summed E-state index contributed by atoms with van der Waals surface area (Å²) in [6.45, 7) is 0.711. The number of amides is 1. The molecule has 2 aliphatic heterocycles. The molecule has 3 aromatic rings. The SMILES string of the molecule is O=C(N[C@H]1O[C@@H]2COC(c3ccccc3)O[C@H]2[C@H](OCc2ccccc2)[C@@H]1OCc1ccccc1)C(Cl)(Cl)Cl. The van der Waals surface area contributed by atoms with E-state index in [4.69, 9.17) is 58.5 Å². The smallest absolute Gasteiger partial charge is 0.274 e. The van der Waals surface area contributed by atoms with Crippen LogP contribution in [0, 0.1) is 0 Å². The zero-order valence-corrected chi connectivity index (χ0v) is 23.1. The Hall–Kier alpha value is -2.20. The van der Waals surface area contributed by atoms with Crippen LogP contribution in [-0.2, 0) is 41.7 Å². The van der Waals surface area contributed by atoms with Crippen LogP contribution in [0.5, 0.6) is 0 Å². The molecule has 1 amide bonds. The number of halogens is 3. The second-order valence-corrected chi connectivity index (χ2v) is 11.5. The summed E-state index contributed by atoms with van der Waals surface area (Å²) in [6, 6.07) is 29.0. The Morgan fingerprint density at radius 1 is 0.795 bits per heavy atom. The highest BCUT2D eigenvalue weighted by Crippen LogP contribution is 2.37. The topological polar surface area (TPSA) is 75.3 Å². The van der Waals surface area contributed by atoms with Crippen LogP contribution in [0.15, 0.2) is 91.0 Å². The molecule has 0 bridgehead atoms. The molecule has 1 N–H and O–H groups in total. The standard InChI is InChI=1S/C29H28Cl3NO6/c30-29(31,32)28(34)33-26-25(36-17-20-12-6-2-7-13-20)24(35-16-19-10-4-1-5-11-19)23-22(38-26)18-37-27(39-23)21-14-8-3-9-15-21/h1-15,22-27H,16-18H2,(H,33,34)/t22-,23-,24+,25+,26+,27?/m1/s1. The predicted octanol–water partition coefficient (Wildman–Crippen LogP) is 5.48. The monoisotopic (exact) mass is 591 g/mol. The summed E-state index contributed by atoms with van der Waals surface area (Å²) < 4.78 is 29.4. The molecule has 0 saturated carbocycles. The number of nitrogens with one attached hydrogen (secondary N) is 1. The highest BCUT2D eigenvalue weighted by atomic mass is 35.6. The molecule has 0 aliphatic carbocycles. The van der Waals surface area contributed by atoms with Gasteiger partial charge in [-0.2, -0.15) is 0 Å². The van der Waals surface area contributed by atoms with E-state index in [0.29, 0.717) is 0 Å². The summed E-state index contributed by atoms with van der Waals surface area (Å²) in [4.78, 5) is 12.7. The third kappa shape index (κ3) is 7.31. The number of hydrogen-bond acceptors (Lipinski definition) is 6. The van der Waals surface area contributed by atoms with Crippen molar-refractivity contribution < 1.29 is 28.5 Å². The molecule has 0 radical (unpaired) electrons. The normalized spacial score (nSPS) is 26.9. The van der Waals surface area contributed by atoms with Gasteiger partial charge in [-0.25, -0.2) is 0 Å². The lowest BCUT2D eigenvalue weighted by Crippen LogP contribution is -2.67. The maximum atomic E-state index is 12.7. The molecule has 10 heteroatoms. The molecule has 1 unspecified atom stereocenters. The number of alkyl halides is 3. The van der Waals surface area contributed by atoms with Crippen LogP contribution in [0.2, 0.25) is 0 Å². The van der Waals surface area contributed by atoms with Crippen molar-refractivity contribution in [1.82, 2.24) is 5.32 Å². The van der Waals surface area contributed by atoms with Gasteiger partial charge in [-0.15, -0.1) is 0 Å². The van der Waals surface area contributed by atoms with E-state index in [1.165, 1.54) is 0 Å². The maximum Gasteiger partial charge on any atom is 0.274 e. The zero-order chi connectivity index (χ0) is 27.2. The number of benzene rings is 3. The third-order valence-electron chi connectivity index (χ3n) is 6.50. The van der Waals surface area contributed by atoms with E-state index in [1.54, 1.807) is 0 Å². The third-order valence-corrected chi connectivity index (χ3v) is 7.01. The van der Waals surface area contributed by atoms with Gasteiger partial charge in [0.05, 0.1) is 19.8 Å². The molecular formula is C29H28Cl3NO6. The number of carbonyl (C=O) groups is 1. The minimum absolute atomic E-state index is 0.195. The molecule has 206 valence electrons. The molecule has 6 atom stereocenters. The van der Waals surface area contributed by atoms with Crippen LogP contribution in [0.4, 0.5) is 0 Å². The van der Waals surface area contributed by atoms with E-state index >= 15 is 0 Å². The van der Waals surface area contributed by atoms with Gasteiger partial charge in [-0.05, 0) is 11.1 Å². The summed E-state index contributed by atoms with van der Waals surface area (Å²) in [6.07, 6.45) is -4.25. The first-order valence-electron chi connectivity index (χ1n) is 12.5. The summed E-state index contributed by atoms with van der Waals surface area (Å²) in [5.41, 5.74) is 2.77. The lowest BCUT2D eigenvalue weighted by molar-refractivity contribution is -0.342. The van der Waals surface area contributed by atoms with Crippen LogP contribution >= 0.6 is 34.8 Å². The molecule has 2 aliphatic rings. The Balaban J connectivity index is 1.44. The molecule has 7 nitrogen and oxygen atoms in total. The number of carbonyl (C=O) groups excluding carboxylic acids is 1. The number of ether oxygens (including phenoxy) is 5. The Kier molecular flexibility index (Phi) is 9.43. The lowest BCUT2D eigenvalue weighted by Gasteiger charge is -2.49. The van der Waals surface area contributed by atoms with Gasteiger partial charge < -0.3 is 29.0 Å². The molecular weight excluding hydrogens is 565 g/mol. The van der Waals surface area contributed by atoms with E-state index in [-0.39, 0.29) is 19.8 Å². The van der Waals surface area contributed by atoms with Crippen molar-refractivity contribution in [3.8, 4) is 0 Å². The highest BCUT2D eigenvalue weighted by Gasteiger charge is 2.52. The molecule has 5 rings (SSSR count). The summed E-state index contributed by atoms with van der Waals surface area (Å²) in [5.74, 6) is -0.842. The maximum absolute atomic E-state index is 12.7. The highest BCUT2D eigenvalue weighted by molar-refractivity contribution is 6.76. The Bertz CT molecular complexity index is 1200. The first-order valence-corrected chi connectivity index (χ1v) is 13.7. The first-order chi connectivity index (χ1) is 18.9. The zero-order valence-electron chi connectivity index (χ0n) is 20.8. The second-order valence-electron chi connectivity index (χ2n) is 9.27. The van der Waals surface area contributed by atoms with Gasteiger partial charge in [0.1, 0.15) is 24.4 Å². The van der Waals surface area contributed by atoms with Gasteiger partial charge >= 0.3 is 0 Å². The lowest BCUT2D eigenvalue weighted by atomic mass is 9.96. The number of fused-ring (bicyclic) bond motifs is 1. The fraction of sp³-hybridized carbons (Fsp3) is 0.345.